The van der Waals surface area contributed by atoms with Crippen molar-refractivity contribution >= 4 is 38.3 Å². The van der Waals surface area contributed by atoms with Crippen LogP contribution in [0.2, 0.25) is 0 Å². The predicted molar refractivity (Wildman–Crippen MR) is 65.1 cm³/mol. The molecule has 1 N–H and O–H groups in total. The van der Waals surface area contributed by atoms with Crippen LogP contribution in [0.25, 0.3) is 0 Å². The molecule has 0 aliphatic rings. The second-order valence-corrected chi connectivity index (χ2v) is 4.66. The third-order valence-corrected chi connectivity index (χ3v) is 3.31. The number of nitro groups is 1. The number of rotatable bonds is 4. The Morgan fingerprint density at radius 3 is 3.06 bits per heavy atom. The van der Waals surface area contributed by atoms with Gasteiger partial charge in [0.25, 0.3) is 0 Å². The van der Waals surface area contributed by atoms with Gasteiger partial charge in [-0.25, -0.2) is 0 Å². The monoisotopic (exact) mass is 318 g/mol. The van der Waals surface area contributed by atoms with E-state index in [0.29, 0.717) is 16.7 Å². The smallest absolute Gasteiger partial charge is 0.377 e. The van der Waals surface area contributed by atoms with Gasteiger partial charge in [-0.3, -0.25) is 0 Å². The molecule has 0 saturated carbocycles. The predicted octanol–water partition coefficient (Wildman–Crippen LogP) is 1.50. The van der Waals surface area contributed by atoms with Crippen LogP contribution in [-0.4, -0.2) is 31.3 Å². The summed E-state index contributed by atoms with van der Waals surface area (Å²) in [6.07, 6.45) is 1.54. The maximum absolute atomic E-state index is 10.6. The van der Waals surface area contributed by atoms with Gasteiger partial charge in [-0.05, 0) is 20.9 Å². The summed E-state index contributed by atoms with van der Waals surface area (Å²) in [5, 5.41) is 22.2. The molecule has 0 spiro atoms. The van der Waals surface area contributed by atoms with Gasteiger partial charge in [-0.15, -0.1) is 5.10 Å². The summed E-state index contributed by atoms with van der Waals surface area (Å²) in [5.74, 6) is -0.209. The van der Waals surface area contributed by atoms with Crippen molar-refractivity contribution < 1.29 is 4.92 Å². The zero-order valence-corrected chi connectivity index (χ0v) is 11.0. The van der Waals surface area contributed by atoms with Crippen LogP contribution in [-0.2, 0) is 6.54 Å². The van der Waals surface area contributed by atoms with Crippen LogP contribution >= 0.6 is 27.5 Å². The van der Waals surface area contributed by atoms with Crippen molar-refractivity contribution in [1.29, 1.82) is 0 Å². The molecule has 0 amide bonds. The van der Waals surface area contributed by atoms with E-state index in [2.05, 4.69) is 35.9 Å². The van der Waals surface area contributed by atoms with Crippen LogP contribution in [0.4, 0.5) is 10.8 Å². The lowest BCUT2D eigenvalue weighted by Crippen LogP contribution is -2.03. The van der Waals surface area contributed by atoms with E-state index in [1.165, 1.54) is 22.4 Å². The molecule has 0 aliphatic carbocycles. The molecule has 0 bridgehead atoms. The highest BCUT2D eigenvalue weighted by Gasteiger charge is 2.19. The Hall–Kier alpha value is -1.55. The highest BCUT2D eigenvalue weighted by atomic mass is 79.9. The zero-order valence-electron chi connectivity index (χ0n) is 8.62. The van der Waals surface area contributed by atoms with Crippen LogP contribution in [0.3, 0.4) is 0 Å². The van der Waals surface area contributed by atoms with Crippen LogP contribution in [0.5, 0.6) is 0 Å². The minimum absolute atomic E-state index is 0.209. The molecular formula is C7H7BrN6O2S. The van der Waals surface area contributed by atoms with Gasteiger partial charge in [0.1, 0.15) is 21.7 Å². The quantitative estimate of drug-likeness (QED) is 0.677. The molecule has 2 rings (SSSR count). The summed E-state index contributed by atoms with van der Waals surface area (Å²) in [4.78, 5) is 10.1. The summed E-state index contributed by atoms with van der Waals surface area (Å²) in [7, 11) is 1.76. The first-order chi connectivity index (χ1) is 8.11. The number of anilines is 1. The summed E-state index contributed by atoms with van der Waals surface area (Å²) < 4.78 is 5.58. The normalized spacial score (nSPS) is 10.5. The SMILES string of the molecule is CNc1snnc1Cn1cc(Br)c([N+](=O)[O-])n1. The van der Waals surface area contributed by atoms with Crippen molar-refractivity contribution in [3.05, 3.63) is 26.5 Å². The summed E-state index contributed by atoms with van der Waals surface area (Å²) >= 11 is 4.31. The van der Waals surface area contributed by atoms with Gasteiger partial charge < -0.3 is 15.4 Å². The van der Waals surface area contributed by atoms with Crippen LogP contribution in [0, 0.1) is 10.1 Å². The van der Waals surface area contributed by atoms with E-state index in [0.717, 1.165) is 5.00 Å². The second kappa shape index (κ2) is 4.75. The van der Waals surface area contributed by atoms with Gasteiger partial charge in [-0.1, -0.05) is 4.49 Å². The Morgan fingerprint density at radius 2 is 2.47 bits per heavy atom. The molecule has 0 atom stereocenters. The van der Waals surface area contributed by atoms with E-state index >= 15 is 0 Å². The van der Waals surface area contributed by atoms with Crippen molar-refractivity contribution in [2.24, 2.45) is 0 Å². The maximum atomic E-state index is 10.6. The lowest BCUT2D eigenvalue weighted by atomic mass is 10.4. The molecule has 0 aromatic carbocycles. The lowest BCUT2D eigenvalue weighted by Gasteiger charge is -1.96. The molecule has 10 heteroatoms. The summed E-state index contributed by atoms with van der Waals surface area (Å²) in [6.45, 7) is 0.332. The zero-order chi connectivity index (χ0) is 12.4. The van der Waals surface area contributed by atoms with E-state index in [4.69, 9.17) is 0 Å². The van der Waals surface area contributed by atoms with Crippen molar-refractivity contribution in [2.75, 3.05) is 12.4 Å². The van der Waals surface area contributed by atoms with Gasteiger partial charge in [0.15, 0.2) is 0 Å². The van der Waals surface area contributed by atoms with Crippen LogP contribution in [0.1, 0.15) is 5.69 Å². The minimum atomic E-state index is -0.543. The van der Waals surface area contributed by atoms with E-state index in [-0.39, 0.29) is 5.82 Å². The largest absolute Gasteiger partial charge is 0.404 e. The number of nitrogens with one attached hydrogen (secondary N) is 1. The van der Waals surface area contributed by atoms with Gasteiger partial charge in [0.2, 0.25) is 0 Å². The van der Waals surface area contributed by atoms with Gasteiger partial charge in [0, 0.05) is 18.6 Å². The number of hydrogen-bond donors (Lipinski definition) is 1. The third kappa shape index (κ3) is 2.42. The summed E-state index contributed by atoms with van der Waals surface area (Å²) in [5.41, 5.74) is 0.697. The van der Waals surface area contributed by atoms with Crippen molar-refractivity contribution in [3.8, 4) is 0 Å². The first-order valence-electron chi connectivity index (χ1n) is 4.48. The van der Waals surface area contributed by atoms with Gasteiger partial charge >= 0.3 is 5.82 Å². The molecule has 0 fully saturated rings. The second-order valence-electron chi connectivity index (χ2n) is 3.05. The van der Waals surface area contributed by atoms with Crippen LogP contribution in [0.15, 0.2) is 10.7 Å². The van der Waals surface area contributed by atoms with E-state index in [1.54, 1.807) is 7.05 Å². The molecular weight excluding hydrogens is 312 g/mol. The molecule has 2 aromatic rings. The molecule has 0 radical (unpaired) electrons. The van der Waals surface area contributed by atoms with Crippen molar-refractivity contribution in [1.82, 2.24) is 19.4 Å². The van der Waals surface area contributed by atoms with Crippen LogP contribution < -0.4 is 5.32 Å². The number of nitrogens with zero attached hydrogens (tertiary/aromatic N) is 5. The van der Waals surface area contributed by atoms with E-state index in [9.17, 15) is 10.1 Å². The maximum Gasteiger partial charge on any atom is 0.404 e. The fraction of sp³-hybridized carbons (Fsp3) is 0.286. The Bertz CT molecular complexity index is 552. The Morgan fingerprint density at radius 1 is 1.71 bits per heavy atom. The fourth-order valence-corrected chi connectivity index (χ4v) is 2.23. The highest BCUT2D eigenvalue weighted by molar-refractivity contribution is 9.10. The molecule has 0 aliphatic heterocycles. The first kappa shape index (κ1) is 11.9. The number of aromatic nitrogens is 4. The van der Waals surface area contributed by atoms with E-state index < -0.39 is 4.92 Å². The highest BCUT2D eigenvalue weighted by Crippen LogP contribution is 2.24. The number of hydrogen-bond acceptors (Lipinski definition) is 7. The average Bonchev–Trinajstić information content (AvgIpc) is 2.85. The molecule has 8 nitrogen and oxygen atoms in total. The molecule has 2 heterocycles. The Balaban J connectivity index is 2.25. The Kier molecular flexibility index (Phi) is 3.33. The van der Waals surface area contributed by atoms with Crippen molar-refractivity contribution in [3.63, 3.8) is 0 Å². The molecule has 0 saturated heterocycles. The fourth-order valence-electron chi connectivity index (χ4n) is 1.25. The minimum Gasteiger partial charge on any atom is -0.377 e. The average molecular weight is 319 g/mol. The van der Waals surface area contributed by atoms with Gasteiger partial charge in [0.05, 0.1) is 11.3 Å². The molecule has 2 aromatic heterocycles. The molecule has 0 unspecified atom stereocenters. The number of halogens is 1. The van der Waals surface area contributed by atoms with Crippen molar-refractivity contribution in [2.45, 2.75) is 6.54 Å². The van der Waals surface area contributed by atoms with Gasteiger partial charge in [-0.2, -0.15) is 4.68 Å². The lowest BCUT2D eigenvalue weighted by molar-refractivity contribution is -0.390. The standard InChI is InChI=1S/C7H7BrN6O2S/c1-9-7-5(10-12-17-7)3-13-2-4(8)6(11-13)14(15)16/h2,9H,3H2,1H3. The molecule has 90 valence electrons. The van der Waals surface area contributed by atoms with E-state index in [1.807, 2.05) is 0 Å². The topological polar surface area (TPSA) is 98.8 Å². The first-order valence-corrected chi connectivity index (χ1v) is 6.04. The Labute approximate surface area is 108 Å². The molecule has 17 heavy (non-hydrogen) atoms. The third-order valence-electron chi connectivity index (χ3n) is 1.97. The summed E-state index contributed by atoms with van der Waals surface area (Å²) in [6, 6.07) is 0.